The van der Waals surface area contributed by atoms with Gasteiger partial charge in [0.15, 0.2) is 0 Å². The summed E-state index contributed by atoms with van der Waals surface area (Å²) >= 11 is 0. The van der Waals surface area contributed by atoms with Gasteiger partial charge in [-0.2, -0.15) is 0 Å². The second-order valence-electron chi connectivity index (χ2n) is 7.75. The maximum Gasteiger partial charge on any atom is 0.0272 e. The lowest BCUT2D eigenvalue weighted by molar-refractivity contribution is -0.0603. The standard InChI is InChI=1S/C16H28N2/c17-18-16(12-3-1-2-4-12)15-13-6-10-5-11(8-13)9-14(15)7-10/h10-16,18H,1-9,17H2. The van der Waals surface area contributed by atoms with Crippen molar-refractivity contribution in [3.63, 3.8) is 0 Å². The van der Waals surface area contributed by atoms with Crippen molar-refractivity contribution in [2.45, 2.75) is 63.8 Å². The van der Waals surface area contributed by atoms with Gasteiger partial charge in [-0.1, -0.05) is 12.8 Å². The first-order chi connectivity index (χ1) is 8.85. The van der Waals surface area contributed by atoms with Crippen LogP contribution in [-0.4, -0.2) is 6.04 Å². The average Bonchev–Trinajstić information content (AvgIpc) is 2.86. The van der Waals surface area contributed by atoms with Gasteiger partial charge in [-0.25, -0.2) is 0 Å². The minimum atomic E-state index is 0.641. The van der Waals surface area contributed by atoms with Gasteiger partial charge in [0.25, 0.3) is 0 Å². The Morgan fingerprint density at radius 3 is 1.89 bits per heavy atom. The number of nitrogens with two attached hydrogens (primary N) is 1. The summed E-state index contributed by atoms with van der Waals surface area (Å²) in [5, 5.41) is 0. The number of nitrogens with one attached hydrogen (secondary N) is 1. The van der Waals surface area contributed by atoms with Crippen LogP contribution in [0.15, 0.2) is 0 Å². The van der Waals surface area contributed by atoms with Crippen LogP contribution < -0.4 is 11.3 Å². The van der Waals surface area contributed by atoms with Gasteiger partial charge in [-0.05, 0) is 80.5 Å². The maximum atomic E-state index is 5.98. The predicted octanol–water partition coefficient (Wildman–Crippen LogP) is 3.08. The molecule has 1 unspecified atom stereocenters. The van der Waals surface area contributed by atoms with E-state index in [2.05, 4.69) is 5.43 Å². The number of hydrazine groups is 1. The minimum absolute atomic E-state index is 0.641. The molecule has 0 aromatic carbocycles. The van der Waals surface area contributed by atoms with Gasteiger partial charge in [0.05, 0.1) is 0 Å². The lowest BCUT2D eigenvalue weighted by Gasteiger charge is -2.57. The van der Waals surface area contributed by atoms with Gasteiger partial charge in [-0.15, -0.1) is 0 Å². The fourth-order valence-corrected chi connectivity index (χ4v) is 6.43. The van der Waals surface area contributed by atoms with Crippen molar-refractivity contribution in [1.82, 2.24) is 5.43 Å². The largest absolute Gasteiger partial charge is 0.271 e. The molecule has 4 bridgehead atoms. The molecule has 0 aliphatic heterocycles. The fourth-order valence-electron chi connectivity index (χ4n) is 6.43. The average molecular weight is 248 g/mol. The molecule has 0 heterocycles. The molecule has 0 aromatic heterocycles. The highest BCUT2D eigenvalue weighted by Gasteiger charge is 2.51. The van der Waals surface area contributed by atoms with Gasteiger partial charge in [0.2, 0.25) is 0 Å². The summed E-state index contributed by atoms with van der Waals surface area (Å²) in [6.07, 6.45) is 13.4. The molecule has 1 atom stereocenters. The van der Waals surface area contributed by atoms with E-state index in [1.54, 1.807) is 6.42 Å². The van der Waals surface area contributed by atoms with E-state index in [-0.39, 0.29) is 0 Å². The van der Waals surface area contributed by atoms with E-state index in [9.17, 15) is 0 Å². The summed E-state index contributed by atoms with van der Waals surface area (Å²) in [6, 6.07) is 0.641. The van der Waals surface area contributed by atoms with Gasteiger partial charge < -0.3 is 0 Å². The monoisotopic (exact) mass is 248 g/mol. The summed E-state index contributed by atoms with van der Waals surface area (Å²) in [4.78, 5) is 0. The Labute approximate surface area is 111 Å². The zero-order valence-corrected chi connectivity index (χ0v) is 11.5. The highest BCUT2D eigenvalue weighted by atomic mass is 15.2. The first-order valence-electron chi connectivity index (χ1n) is 8.31. The van der Waals surface area contributed by atoms with Crippen LogP contribution in [0.25, 0.3) is 0 Å². The van der Waals surface area contributed by atoms with Crippen molar-refractivity contribution in [2.75, 3.05) is 0 Å². The minimum Gasteiger partial charge on any atom is -0.271 e. The Morgan fingerprint density at radius 1 is 0.833 bits per heavy atom. The van der Waals surface area contributed by atoms with E-state index >= 15 is 0 Å². The molecular weight excluding hydrogens is 220 g/mol. The smallest absolute Gasteiger partial charge is 0.0272 e. The summed E-state index contributed by atoms with van der Waals surface area (Å²) < 4.78 is 0. The van der Waals surface area contributed by atoms with E-state index in [0.717, 1.165) is 35.5 Å². The molecule has 0 aromatic rings. The Balaban J connectivity index is 1.55. The summed E-state index contributed by atoms with van der Waals surface area (Å²) in [5.74, 6) is 12.0. The van der Waals surface area contributed by atoms with E-state index in [1.807, 2.05) is 0 Å². The molecule has 2 nitrogen and oxygen atoms in total. The van der Waals surface area contributed by atoms with Crippen LogP contribution in [0.1, 0.15) is 57.8 Å². The van der Waals surface area contributed by atoms with Crippen molar-refractivity contribution in [1.29, 1.82) is 0 Å². The molecule has 2 heteroatoms. The molecular formula is C16H28N2. The third-order valence-corrected chi connectivity index (χ3v) is 6.81. The SMILES string of the molecule is NNC(C1CCCC1)C1C2CC3CC(C2)CC1C3. The molecule has 0 amide bonds. The van der Waals surface area contributed by atoms with Crippen LogP contribution in [0.4, 0.5) is 0 Å². The maximum absolute atomic E-state index is 5.98. The highest BCUT2D eigenvalue weighted by molar-refractivity contribution is 5.02. The predicted molar refractivity (Wildman–Crippen MR) is 73.6 cm³/mol. The number of hydrogen-bond acceptors (Lipinski definition) is 2. The van der Waals surface area contributed by atoms with Crippen molar-refractivity contribution < 1.29 is 0 Å². The van der Waals surface area contributed by atoms with Crippen molar-refractivity contribution in [3.8, 4) is 0 Å². The second kappa shape index (κ2) is 4.49. The highest BCUT2D eigenvalue weighted by Crippen LogP contribution is 2.58. The number of hydrogen-bond donors (Lipinski definition) is 2. The van der Waals surface area contributed by atoms with Crippen molar-refractivity contribution in [2.24, 2.45) is 41.4 Å². The van der Waals surface area contributed by atoms with Gasteiger partial charge in [-0.3, -0.25) is 11.3 Å². The van der Waals surface area contributed by atoms with Gasteiger partial charge >= 0.3 is 0 Å². The normalized spacial score (nSPS) is 48.8. The van der Waals surface area contributed by atoms with Crippen molar-refractivity contribution >= 4 is 0 Å². The molecule has 102 valence electrons. The summed E-state index contributed by atoms with van der Waals surface area (Å²) in [7, 11) is 0. The summed E-state index contributed by atoms with van der Waals surface area (Å²) in [6.45, 7) is 0. The van der Waals surface area contributed by atoms with Gasteiger partial charge in [0.1, 0.15) is 0 Å². The molecule has 5 aliphatic rings. The zero-order chi connectivity index (χ0) is 12.1. The first-order valence-corrected chi connectivity index (χ1v) is 8.31. The van der Waals surface area contributed by atoms with Crippen LogP contribution >= 0.6 is 0 Å². The Kier molecular flexibility index (Phi) is 2.92. The van der Waals surface area contributed by atoms with Crippen molar-refractivity contribution in [3.05, 3.63) is 0 Å². The zero-order valence-electron chi connectivity index (χ0n) is 11.5. The first kappa shape index (κ1) is 11.7. The van der Waals surface area contributed by atoms with Crippen LogP contribution in [-0.2, 0) is 0 Å². The third-order valence-electron chi connectivity index (χ3n) is 6.81. The topological polar surface area (TPSA) is 38.0 Å². The summed E-state index contributed by atoms with van der Waals surface area (Å²) in [5.41, 5.74) is 3.27. The van der Waals surface area contributed by atoms with Gasteiger partial charge in [0, 0.05) is 6.04 Å². The molecule has 0 saturated heterocycles. The molecule has 0 spiro atoms. The Bertz CT molecular complexity index is 280. The van der Waals surface area contributed by atoms with E-state index in [1.165, 1.54) is 51.4 Å². The van der Waals surface area contributed by atoms with Crippen LogP contribution in [0.2, 0.25) is 0 Å². The molecule has 3 N–H and O–H groups in total. The quantitative estimate of drug-likeness (QED) is 0.595. The third kappa shape index (κ3) is 1.76. The molecule has 5 aliphatic carbocycles. The lowest BCUT2D eigenvalue weighted by atomic mass is 9.50. The lowest BCUT2D eigenvalue weighted by Crippen LogP contribution is -2.56. The molecule has 5 rings (SSSR count). The van der Waals surface area contributed by atoms with Crippen LogP contribution in [0, 0.1) is 35.5 Å². The van der Waals surface area contributed by atoms with Crippen LogP contribution in [0.3, 0.4) is 0 Å². The van der Waals surface area contributed by atoms with Crippen LogP contribution in [0.5, 0.6) is 0 Å². The van der Waals surface area contributed by atoms with E-state index in [0.29, 0.717) is 6.04 Å². The van der Waals surface area contributed by atoms with E-state index < -0.39 is 0 Å². The number of rotatable bonds is 3. The fraction of sp³-hybridized carbons (Fsp3) is 1.00. The Morgan fingerprint density at radius 2 is 1.39 bits per heavy atom. The molecule has 5 saturated carbocycles. The van der Waals surface area contributed by atoms with E-state index in [4.69, 9.17) is 5.84 Å². The molecule has 18 heavy (non-hydrogen) atoms. The second-order valence-corrected chi connectivity index (χ2v) is 7.75. The molecule has 5 fully saturated rings. The Hall–Kier alpha value is -0.0800. The molecule has 0 radical (unpaired) electrons.